The van der Waals surface area contributed by atoms with Gasteiger partial charge in [-0.1, -0.05) is 6.07 Å². The number of carbonyl (C=O) groups excluding carboxylic acids is 1. The molecule has 1 aromatic carbocycles. The van der Waals surface area contributed by atoms with Gasteiger partial charge < -0.3 is 15.0 Å². The maximum atomic E-state index is 13.0. The van der Waals surface area contributed by atoms with E-state index in [0.717, 1.165) is 23.3 Å². The van der Waals surface area contributed by atoms with Gasteiger partial charge in [0.15, 0.2) is 9.84 Å². The summed E-state index contributed by atoms with van der Waals surface area (Å²) in [5.74, 6) is 0.743. The maximum absolute atomic E-state index is 13.0. The number of carbonyl (C=O) groups is 1. The van der Waals surface area contributed by atoms with Gasteiger partial charge >= 0.3 is 0 Å². The Hall–Kier alpha value is -3.79. The first kappa shape index (κ1) is 23.6. The molecule has 37 heavy (non-hydrogen) atoms. The van der Waals surface area contributed by atoms with Gasteiger partial charge in [0.2, 0.25) is 5.91 Å². The Morgan fingerprint density at radius 1 is 1.11 bits per heavy atom. The van der Waals surface area contributed by atoms with Gasteiger partial charge in [0, 0.05) is 48.1 Å². The molecule has 0 saturated heterocycles. The number of aryl methyl sites for hydroxylation is 1. The number of nitrogens with zero attached hydrogens (tertiary/aromatic N) is 4. The summed E-state index contributed by atoms with van der Waals surface area (Å²) in [5, 5.41) is 6.15. The largest absolute Gasteiger partial charge is 0.379 e. The zero-order valence-electron chi connectivity index (χ0n) is 20.7. The van der Waals surface area contributed by atoms with Crippen LogP contribution < -0.4 is 10.6 Å². The van der Waals surface area contributed by atoms with E-state index in [4.69, 9.17) is 0 Å². The van der Waals surface area contributed by atoms with Crippen molar-refractivity contribution in [2.45, 2.75) is 49.5 Å². The number of benzene rings is 1. The average molecular weight is 517 g/mol. The fraction of sp³-hybridized carbons (Fsp3) is 0.333. The Morgan fingerprint density at radius 2 is 1.95 bits per heavy atom. The highest BCUT2D eigenvalue weighted by atomic mass is 32.2. The smallest absolute Gasteiger partial charge is 0.228 e. The molecule has 2 aliphatic rings. The van der Waals surface area contributed by atoms with Crippen molar-refractivity contribution in [2.24, 2.45) is 5.92 Å². The minimum atomic E-state index is -3.55. The second-order valence-electron chi connectivity index (χ2n) is 10.1. The van der Waals surface area contributed by atoms with Gasteiger partial charge in [-0.05, 0) is 68.0 Å². The standard InChI is InChI=1S/C27H28N6O3S/c1-16-9-10-28-26(30-16)21-12-22(21)27(34)32-23-11-19(6-7-24(23)37(2,35)36)29-13-20-15-33-14-18(17-3-4-17)5-8-25(33)31-20/h5-11,14-15,17,21-22,29H,3-4,12-13H2,1-2H3,(H,32,34)/t21-,22-/m0/s1. The number of imidazole rings is 1. The highest BCUT2D eigenvalue weighted by Gasteiger charge is 2.46. The quantitative estimate of drug-likeness (QED) is 0.362. The summed E-state index contributed by atoms with van der Waals surface area (Å²) in [6.07, 6.45) is 10.1. The summed E-state index contributed by atoms with van der Waals surface area (Å²) in [5.41, 5.74) is 4.89. The van der Waals surface area contributed by atoms with Gasteiger partial charge in [-0.15, -0.1) is 0 Å². The second-order valence-corrected chi connectivity index (χ2v) is 12.0. The summed E-state index contributed by atoms with van der Waals surface area (Å²) in [7, 11) is -3.55. The topological polar surface area (TPSA) is 118 Å². The molecule has 0 bridgehead atoms. The number of sulfone groups is 1. The molecule has 9 nitrogen and oxygen atoms in total. The van der Waals surface area contributed by atoms with Crippen LogP contribution in [0.4, 0.5) is 11.4 Å². The van der Waals surface area contributed by atoms with Crippen LogP contribution in [-0.2, 0) is 21.2 Å². The summed E-state index contributed by atoms with van der Waals surface area (Å²) in [6.45, 7) is 2.35. The number of aromatic nitrogens is 4. The van der Waals surface area contributed by atoms with Crippen molar-refractivity contribution in [1.82, 2.24) is 19.4 Å². The zero-order valence-corrected chi connectivity index (χ0v) is 21.5. The molecule has 0 radical (unpaired) electrons. The molecule has 3 heterocycles. The van der Waals surface area contributed by atoms with Crippen LogP contribution in [-0.4, -0.2) is 39.9 Å². The van der Waals surface area contributed by atoms with E-state index >= 15 is 0 Å². The molecular weight excluding hydrogens is 488 g/mol. The van der Waals surface area contributed by atoms with E-state index in [2.05, 4.69) is 37.8 Å². The van der Waals surface area contributed by atoms with Crippen molar-refractivity contribution in [1.29, 1.82) is 0 Å². The molecular formula is C27H28N6O3S. The van der Waals surface area contributed by atoms with E-state index in [1.807, 2.05) is 29.7 Å². The molecule has 2 aliphatic carbocycles. The Kier molecular flexibility index (Phi) is 5.71. The lowest BCUT2D eigenvalue weighted by Crippen LogP contribution is -2.17. The van der Waals surface area contributed by atoms with Gasteiger partial charge in [-0.3, -0.25) is 4.79 Å². The molecule has 2 saturated carbocycles. The lowest BCUT2D eigenvalue weighted by molar-refractivity contribution is -0.117. The number of fused-ring (bicyclic) bond motifs is 1. The zero-order chi connectivity index (χ0) is 25.7. The third kappa shape index (κ3) is 5.06. The first-order valence-corrected chi connectivity index (χ1v) is 14.3. The van der Waals surface area contributed by atoms with E-state index in [9.17, 15) is 13.2 Å². The van der Waals surface area contributed by atoms with Crippen molar-refractivity contribution in [2.75, 3.05) is 16.9 Å². The number of amides is 1. The predicted octanol–water partition coefficient (Wildman–Crippen LogP) is 4.07. The van der Waals surface area contributed by atoms with E-state index in [1.165, 1.54) is 24.5 Å². The number of hydrogen-bond donors (Lipinski definition) is 2. The highest BCUT2D eigenvalue weighted by molar-refractivity contribution is 7.90. The van der Waals surface area contributed by atoms with E-state index in [1.54, 1.807) is 18.3 Å². The van der Waals surface area contributed by atoms with Gasteiger partial charge in [0.25, 0.3) is 0 Å². The van der Waals surface area contributed by atoms with Gasteiger partial charge in [0.05, 0.1) is 22.8 Å². The van der Waals surface area contributed by atoms with Gasteiger partial charge in [0.1, 0.15) is 11.5 Å². The van der Waals surface area contributed by atoms with Crippen LogP contribution in [0.3, 0.4) is 0 Å². The summed E-state index contributed by atoms with van der Waals surface area (Å²) in [4.78, 5) is 26.5. The first-order valence-electron chi connectivity index (χ1n) is 12.4. The number of nitrogens with one attached hydrogen (secondary N) is 2. The SMILES string of the molecule is Cc1ccnc([C@H]2C[C@@H]2C(=O)Nc2cc(NCc3cn4cc(C5CC5)ccc4n3)ccc2S(C)(=O)=O)n1. The van der Waals surface area contributed by atoms with E-state index in [-0.39, 0.29) is 28.3 Å². The summed E-state index contributed by atoms with van der Waals surface area (Å²) < 4.78 is 26.9. The number of hydrogen-bond acceptors (Lipinski definition) is 7. The highest BCUT2D eigenvalue weighted by Crippen LogP contribution is 2.46. The monoisotopic (exact) mass is 516 g/mol. The molecule has 0 aliphatic heterocycles. The molecule has 2 N–H and O–H groups in total. The molecule has 4 aromatic rings. The third-order valence-electron chi connectivity index (χ3n) is 6.96. The van der Waals surface area contributed by atoms with Crippen molar-refractivity contribution in [3.05, 3.63) is 77.8 Å². The Bertz CT molecular complexity index is 1630. The number of anilines is 2. The first-order chi connectivity index (χ1) is 17.7. The second kappa shape index (κ2) is 8.95. The molecule has 3 aromatic heterocycles. The van der Waals surface area contributed by atoms with Crippen molar-refractivity contribution < 1.29 is 13.2 Å². The molecule has 0 unspecified atom stereocenters. The van der Waals surface area contributed by atoms with Crippen LogP contribution in [0, 0.1) is 12.8 Å². The molecule has 1 amide bonds. The van der Waals surface area contributed by atoms with E-state index < -0.39 is 9.84 Å². The van der Waals surface area contributed by atoms with Crippen LogP contribution in [0.2, 0.25) is 0 Å². The Balaban J connectivity index is 1.18. The Morgan fingerprint density at radius 3 is 2.70 bits per heavy atom. The van der Waals surface area contributed by atoms with E-state index in [0.29, 0.717) is 30.4 Å². The van der Waals surface area contributed by atoms with Crippen molar-refractivity contribution in [3.8, 4) is 0 Å². The minimum Gasteiger partial charge on any atom is -0.379 e. The van der Waals surface area contributed by atoms with Crippen LogP contribution in [0.5, 0.6) is 0 Å². The average Bonchev–Trinajstić information content (AvgIpc) is 3.78. The molecule has 190 valence electrons. The molecule has 2 fully saturated rings. The third-order valence-corrected chi connectivity index (χ3v) is 8.11. The fourth-order valence-corrected chi connectivity index (χ4v) is 5.53. The van der Waals surface area contributed by atoms with Crippen LogP contribution in [0.1, 0.15) is 53.9 Å². The van der Waals surface area contributed by atoms with Crippen LogP contribution >= 0.6 is 0 Å². The van der Waals surface area contributed by atoms with Crippen molar-refractivity contribution in [3.63, 3.8) is 0 Å². The number of pyridine rings is 1. The Labute approximate surface area is 215 Å². The number of rotatable bonds is 8. The molecule has 6 rings (SSSR count). The predicted molar refractivity (Wildman–Crippen MR) is 140 cm³/mol. The lowest BCUT2D eigenvalue weighted by Gasteiger charge is -2.13. The fourth-order valence-electron chi connectivity index (χ4n) is 4.70. The minimum absolute atomic E-state index is 0.0571. The summed E-state index contributed by atoms with van der Waals surface area (Å²) in [6, 6.07) is 10.9. The molecule has 10 heteroatoms. The maximum Gasteiger partial charge on any atom is 0.228 e. The normalized spacial score (nSPS) is 19.1. The van der Waals surface area contributed by atoms with Gasteiger partial charge in [-0.2, -0.15) is 0 Å². The lowest BCUT2D eigenvalue weighted by atomic mass is 10.2. The summed E-state index contributed by atoms with van der Waals surface area (Å²) >= 11 is 0. The van der Waals surface area contributed by atoms with Crippen molar-refractivity contribution >= 4 is 32.8 Å². The van der Waals surface area contributed by atoms with Crippen LogP contribution in [0.15, 0.2) is 59.9 Å². The van der Waals surface area contributed by atoms with Gasteiger partial charge in [-0.25, -0.2) is 23.4 Å². The molecule has 2 atom stereocenters. The van der Waals surface area contributed by atoms with Crippen LogP contribution in [0.25, 0.3) is 5.65 Å². The molecule has 0 spiro atoms.